The zero-order valence-electron chi connectivity index (χ0n) is 10.2. The summed E-state index contributed by atoms with van der Waals surface area (Å²) in [7, 11) is 0. The lowest BCUT2D eigenvalue weighted by atomic mass is 10.1. The van der Waals surface area contributed by atoms with Crippen molar-refractivity contribution in [1.29, 1.82) is 0 Å². The van der Waals surface area contributed by atoms with E-state index in [0.717, 1.165) is 15.9 Å². The van der Waals surface area contributed by atoms with Gasteiger partial charge in [0, 0.05) is 5.56 Å². The van der Waals surface area contributed by atoms with Gasteiger partial charge in [-0.05, 0) is 18.6 Å². The predicted molar refractivity (Wildman–Crippen MR) is 65.0 cm³/mol. The number of nitrogens with zero attached hydrogens (tertiary/aromatic N) is 4. The van der Waals surface area contributed by atoms with E-state index >= 15 is 0 Å². The lowest BCUT2D eigenvalue weighted by Crippen LogP contribution is -2.20. The number of rotatable bonds is 4. The van der Waals surface area contributed by atoms with Gasteiger partial charge in [0.1, 0.15) is 0 Å². The number of hydrogen-bond acceptors (Lipinski definition) is 4. The maximum absolute atomic E-state index is 11.0. The van der Waals surface area contributed by atoms with Gasteiger partial charge in [-0.25, -0.2) is 4.79 Å². The monoisotopic (exact) mass is 246 g/mol. The molecule has 0 fully saturated rings. The molecule has 0 spiro atoms. The van der Waals surface area contributed by atoms with Crippen molar-refractivity contribution in [1.82, 2.24) is 20.2 Å². The molecule has 94 valence electrons. The van der Waals surface area contributed by atoms with Crippen LogP contribution in [0.25, 0.3) is 11.4 Å². The highest BCUT2D eigenvalue weighted by Crippen LogP contribution is 2.16. The lowest BCUT2D eigenvalue weighted by Gasteiger charge is -2.06. The van der Waals surface area contributed by atoms with E-state index in [1.54, 1.807) is 6.92 Å². The average Bonchev–Trinajstić information content (AvgIpc) is 2.80. The maximum Gasteiger partial charge on any atom is 0.330 e. The molecule has 6 nitrogen and oxygen atoms in total. The van der Waals surface area contributed by atoms with Crippen LogP contribution in [-0.2, 0) is 4.79 Å². The van der Waals surface area contributed by atoms with E-state index < -0.39 is 12.0 Å². The lowest BCUT2D eigenvalue weighted by molar-refractivity contribution is -0.141. The van der Waals surface area contributed by atoms with Gasteiger partial charge in [0.2, 0.25) is 5.82 Å². The molecule has 1 heterocycles. The Morgan fingerprint density at radius 3 is 2.61 bits per heavy atom. The standard InChI is InChI=1S/C12H14N4O2/c1-3-10(12(17)18)16-14-11(13-15-16)9-6-4-8(2)5-7-9/h4-7,10H,3H2,1-2H3,(H,17,18). The number of carbonyl (C=O) groups is 1. The number of hydrogen-bond donors (Lipinski definition) is 1. The SMILES string of the molecule is CCC(C(=O)O)n1nnc(-c2ccc(C)cc2)n1. The molecular formula is C12H14N4O2. The van der Waals surface area contributed by atoms with E-state index in [-0.39, 0.29) is 0 Å². The van der Waals surface area contributed by atoms with E-state index in [0.29, 0.717) is 12.2 Å². The van der Waals surface area contributed by atoms with Gasteiger partial charge in [-0.15, -0.1) is 15.0 Å². The first kappa shape index (κ1) is 12.2. The molecule has 0 bridgehead atoms. The molecule has 1 N–H and O–H groups in total. The number of tetrazole rings is 1. The average molecular weight is 246 g/mol. The Kier molecular flexibility index (Phi) is 3.36. The predicted octanol–water partition coefficient (Wildman–Crippen LogP) is 1.68. The minimum Gasteiger partial charge on any atom is -0.480 e. The maximum atomic E-state index is 11.0. The van der Waals surface area contributed by atoms with Crippen LogP contribution < -0.4 is 0 Å². The summed E-state index contributed by atoms with van der Waals surface area (Å²) in [5.74, 6) is -0.514. The molecule has 0 aliphatic carbocycles. The number of aromatic nitrogens is 4. The van der Waals surface area contributed by atoms with Gasteiger partial charge in [-0.1, -0.05) is 36.8 Å². The van der Waals surface area contributed by atoms with Gasteiger partial charge in [0.25, 0.3) is 0 Å². The largest absolute Gasteiger partial charge is 0.480 e. The zero-order chi connectivity index (χ0) is 13.1. The third kappa shape index (κ3) is 2.37. The van der Waals surface area contributed by atoms with Crippen LogP contribution in [0, 0.1) is 6.92 Å². The van der Waals surface area contributed by atoms with Crippen molar-refractivity contribution in [3.63, 3.8) is 0 Å². The zero-order valence-corrected chi connectivity index (χ0v) is 10.2. The summed E-state index contributed by atoms with van der Waals surface area (Å²) < 4.78 is 0. The summed E-state index contributed by atoms with van der Waals surface area (Å²) in [5.41, 5.74) is 1.97. The van der Waals surface area contributed by atoms with Crippen LogP contribution in [0.1, 0.15) is 24.9 Å². The highest BCUT2D eigenvalue weighted by atomic mass is 16.4. The molecule has 0 aliphatic rings. The van der Waals surface area contributed by atoms with Crippen LogP contribution in [-0.4, -0.2) is 31.3 Å². The van der Waals surface area contributed by atoms with Crippen LogP contribution in [0.3, 0.4) is 0 Å². The minimum atomic E-state index is -0.953. The Labute approximate surface area is 104 Å². The van der Waals surface area contributed by atoms with Crippen LogP contribution in [0.5, 0.6) is 0 Å². The highest BCUT2D eigenvalue weighted by Gasteiger charge is 2.20. The summed E-state index contributed by atoms with van der Waals surface area (Å²) in [6.07, 6.45) is 0.416. The molecular weight excluding hydrogens is 232 g/mol. The minimum absolute atomic E-state index is 0.416. The molecule has 0 aliphatic heterocycles. The first-order valence-electron chi connectivity index (χ1n) is 5.71. The number of aryl methyl sites for hydroxylation is 1. The van der Waals surface area contributed by atoms with Gasteiger partial charge in [0.05, 0.1) is 0 Å². The summed E-state index contributed by atoms with van der Waals surface area (Å²) in [5, 5.41) is 20.8. The van der Waals surface area contributed by atoms with Crippen LogP contribution in [0.2, 0.25) is 0 Å². The van der Waals surface area contributed by atoms with E-state index in [1.165, 1.54) is 0 Å². The Morgan fingerprint density at radius 1 is 1.39 bits per heavy atom. The number of carboxylic acids is 1. The van der Waals surface area contributed by atoms with Crippen LogP contribution in [0.15, 0.2) is 24.3 Å². The molecule has 1 unspecified atom stereocenters. The van der Waals surface area contributed by atoms with Crippen molar-refractivity contribution in [3.8, 4) is 11.4 Å². The first-order valence-corrected chi connectivity index (χ1v) is 5.71. The molecule has 2 aromatic rings. The number of aliphatic carboxylic acids is 1. The second-order valence-electron chi connectivity index (χ2n) is 4.06. The van der Waals surface area contributed by atoms with Crippen molar-refractivity contribution in [2.75, 3.05) is 0 Å². The van der Waals surface area contributed by atoms with Gasteiger partial charge in [0.15, 0.2) is 6.04 Å². The fourth-order valence-corrected chi connectivity index (χ4v) is 1.61. The Morgan fingerprint density at radius 2 is 2.06 bits per heavy atom. The third-order valence-corrected chi connectivity index (χ3v) is 2.69. The molecule has 18 heavy (non-hydrogen) atoms. The van der Waals surface area contributed by atoms with Crippen LogP contribution >= 0.6 is 0 Å². The Hall–Kier alpha value is -2.24. The molecule has 0 radical (unpaired) electrons. The second-order valence-corrected chi connectivity index (χ2v) is 4.06. The number of benzene rings is 1. The summed E-state index contributed by atoms with van der Waals surface area (Å²) >= 11 is 0. The van der Waals surface area contributed by atoms with Crippen LogP contribution in [0.4, 0.5) is 0 Å². The third-order valence-electron chi connectivity index (χ3n) is 2.69. The first-order chi connectivity index (χ1) is 8.61. The topological polar surface area (TPSA) is 80.9 Å². The second kappa shape index (κ2) is 4.95. The van der Waals surface area contributed by atoms with Crippen molar-refractivity contribution in [2.45, 2.75) is 26.3 Å². The van der Waals surface area contributed by atoms with E-state index in [9.17, 15) is 4.79 Å². The Bertz CT molecular complexity index is 547. The normalized spacial score (nSPS) is 12.3. The fraction of sp³-hybridized carbons (Fsp3) is 0.333. The molecule has 1 aromatic carbocycles. The van der Waals surface area contributed by atoms with Crippen molar-refractivity contribution < 1.29 is 9.90 Å². The Balaban J connectivity index is 2.30. The molecule has 6 heteroatoms. The van der Waals surface area contributed by atoms with E-state index in [1.807, 2.05) is 31.2 Å². The molecule has 2 rings (SSSR count). The molecule has 0 amide bonds. The van der Waals surface area contributed by atoms with Crippen molar-refractivity contribution in [2.24, 2.45) is 0 Å². The quantitative estimate of drug-likeness (QED) is 0.887. The highest BCUT2D eigenvalue weighted by molar-refractivity contribution is 5.71. The summed E-state index contributed by atoms with van der Waals surface area (Å²) in [6, 6.07) is 6.91. The van der Waals surface area contributed by atoms with Gasteiger partial charge < -0.3 is 5.11 Å². The number of carboxylic acid groups (broad SMARTS) is 1. The molecule has 0 saturated heterocycles. The fourth-order valence-electron chi connectivity index (χ4n) is 1.61. The van der Waals surface area contributed by atoms with Crippen molar-refractivity contribution in [3.05, 3.63) is 29.8 Å². The summed E-state index contributed by atoms with van der Waals surface area (Å²) in [4.78, 5) is 12.1. The van der Waals surface area contributed by atoms with Gasteiger partial charge >= 0.3 is 5.97 Å². The molecule has 1 aromatic heterocycles. The summed E-state index contributed by atoms with van der Waals surface area (Å²) in [6.45, 7) is 3.76. The molecule has 0 saturated carbocycles. The van der Waals surface area contributed by atoms with Gasteiger partial charge in [-0.3, -0.25) is 0 Å². The van der Waals surface area contributed by atoms with Gasteiger partial charge in [-0.2, -0.15) is 0 Å². The smallest absolute Gasteiger partial charge is 0.330 e. The van der Waals surface area contributed by atoms with Crippen molar-refractivity contribution >= 4 is 5.97 Å². The van der Waals surface area contributed by atoms with E-state index in [4.69, 9.17) is 5.11 Å². The van der Waals surface area contributed by atoms with E-state index in [2.05, 4.69) is 15.4 Å². The molecule has 1 atom stereocenters.